The Bertz CT molecular complexity index is 314. The minimum Gasteiger partial charge on any atom is -0.392 e. The van der Waals surface area contributed by atoms with Crippen LogP contribution in [0.4, 0.5) is 0 Å². The van der Waals surface area contributed by atoms with E-state index < -0.39 is 0 Å². The Balaban J connectivity index is 2.92. The summed E-state index contributed by atoms with van der Waals surface area (Å²) in [5.74, 6) is 0.236. The third-order valence-electron chi connectivity index (χ3n) is 2.63. The first-order valence-corrected chi connectivity index (χ1v) is 5.99. The summed E-state index contributed by atoms with van der Waals surface area (Å²) in [4.78, 5) is 0. The van der Waals surface area contributed by atoms with Gasteiger partial charge in [-0.25, -0.2) is 0 Å². The van der Waals surface area contributed by atoms with E-state index in [1.54, 1.807) is 0 Å². The lowest BCUT2D eigenvalue weighted by Gasteiger charge is -2.25. The highest BCUT2D eigenvalue weighted by Gasteiger charge is 2.22. The van der Waals surface area contributed by atoms with E-state index in [0.717, 1.165) is 10.0 Å². The predicted octanol–water partition coefficient (Wildman–Crippen LogP) is 2.51. The van der Waals surface area contributed by atoms with Gasteiger partial charge in [-0.05, 0) is 23.6 Å². The normalized spacial score (nSPS) is 15.3. The molecule has 3 N–H and O–H groups in total. The number of halogens is 1. The van der Waals surface area contributed by atoms with Gasteiger partial charge in [0, 0.05) is 16.9 Å². The van der Waals surface area contributed by atoms with Crippen molar-refractivity contribution in [3.63, 3.8) is 0 Å². The molecular weight excluding hydrogens is 254 g/mol. The molecule has 0 spiro atoms. The number of hydrogen-bond donors (Lipinski definition) is 2. The van der Waals surface area contributed by atoms with Crippen molar-refractivity contribution in [1.82, 2.24) is 0 Å². The minimum atomic E-state index is -0.385. The first kappa shape index (κ1) is 12.7. The van der Waals surface area contributed by atoms with E-state index >= 15 is 0 Å². The van der Waals surface area contributed by atoms with Gasteiger partial charge in [0.25, 0.3) is 0 Å². The summed E-state index contributed by atoms with van der Waals surface area (Å²) in [5.41, 5.74) is 6.81. The molecular formula is C12H18BrNO. The number of rotatable bonds is 4. The molecule has 84 valence electrons. The standard InChI is InChI=1S/C12H18BrNO/c1-8(2)12(15)11(7-14)9-4-3-5-10(13)6-9/h3-6,8,11-12,15H,7,14H2,1-2H3. The molecule has 0 amide bonds. The van der Waals surface area contributed by atoms with Gasteiger partial charge in [-0.1, -0.05) is 41.9 Å². The molecule has 0 saturated carbocycles. The van der Waals surface area contributed by atoms with Gasteiger partial charge in [0.05, 0.1) is 6.10 Å². The third-order valence-corrected chi connectivity index (χ3v) is 3.12. The first-order chi connectivity index (χ1) is 7.06. The van der Waals surface area contributed by atoms with Gasteiger partial charge >= 0.3 is 0 Å². The molecule has 0 aliphatic rings. The van der Waals surface area contributed by atoms with Gasteiger partial charge in [-0.3, -0.25) is 0 Å². The lowest BCUT2D eigenvalue weighted by Crippen LogP contribution is -2.29. The van der Waals surface area contributed by atoms with Crippen molar-refractivity contribution in [2.75, 3.05) is 6.54 Å². The van der Waals surface area contributed by atoms with E-state index in [9.17, 15) is 5.11 Å². The minimum absolute atomic E-state index is 0.0162. The van der Waals surface area contributed by atoms with Crippen LogP contribution >= 0.6 is 15.9 Å². The molecule has 0 aliphatic carbocycles. The van der Waals surface area contributed by atoms with Crippen LogP contribution in [0.5, 0.6) is 0 Å². The fourth-order valence-corrected chi connectivity index (χ4v) is 2.09. The highest BCUT2D eigenvalue weighted by Crippen LogP contribution is 2.25. The second kappa shape index (κ2) is 5.64. The zero-order valence-electron chi connectivity index (χ0n) is 9.15. The second-order valence-electron chi connectivity index (χ2n) is 4.13. The van der Waals surface area contributed by atoms with Gasteiger partial charge in [-0.2, -0.15) is 0 Å². The van der Waals surface area contributed by atoms with E-state index in [1.807, 2.05) is 38.1 Å². The number of hydrogen-bond acceptors (Lipinski definition) is 2. The molecule has 3 heteroatoms. The summed E-state index contributed by atoms with van der Waals surface area (Å²) in [6.45, 7) is 4.48. The number of aliphatic hydroxyl groups is 1. The van der Waals surface area contributed by atoms with Crippen LogP contribution in [0.2, 0.25) is 0 Å². The molecule has 0 radical (unpaired) electrons. The topological polar surface area (TPSA) is 46.2 Å². The summed E-state index contributed by atoms with van der Waals surface area (Å²) in [7, 11) is 0. The van der Waals surface area contributed by atoms with Gasteiger partial charge in [0.15, 0.2) is 0 Å². The zero-order chi connectivity index (χ0) is 11.4. The van der Waals surface area contributed by atoms with E-state index in [4.69, 9.17) is 5.73 Å². The Kier molecular flexibility index (Phi) is 4.77. The van der Waals surface area contributed by atoms with E-state index in [-0.39, 0.29) is 17.9 Å². The van der Waals surface area contributed by atoms with Crippen molar-refractivity contribution in [2.45, 2.75) is 25.9 Å². The molecule has 0 bridgehead atoms. The molecule has 1 aromatic rings. The summed E-state index contributed by atoms with van der Waals surface area (Å²) >= 11 is 3.42. The Hall–Kier alpha value is -0.380. The maximum atomic E-state index is 10.0. The average Bonchev–Trinajstić information content (AvgIpc) is 2.18. The Morgan fingerprint density at radius 2 is 2.07 bits per heavy atom. The average molecular weight is 272 g/mol. The molecule has 15 heavy (non-hydrogen) atoms. The van der Waals surface area contributed by atoms with Crippen LogP contribution in [0.3, 0.4) is 0 Å². The molecule has 0 fully saturated rings. The van der Waals surface area contributed by atoms with Crippen molar-refractivity contribution in [3.8, 4) is 0 Å². The Morgan fingerprint density at radius 1 is 1.40 bits per heavy atom. The lowest BCUT2D eigenvalue weighted by atomic mass is 9.87. The van der Waals surface area contributed by atoms with Gasteiger partial charge < -0.3 is 10.8 Å². The molecule has 0 aromatic heterocycles. The lowest BCUT2D eigenvalue weighted by molar-refractivity contribution is 0.0985. The molecule has 0 aliphatic heterocycles. The fraction of sp³-hybridized carbons (Fsp3) is 0.500. The maximum absolute atomic E-state index is 10.0. The summed E-state index contributed by atoms with van der Waals surface area (Å²) in [6.07, 6.45) is -0.385. The Labute approximate surface area is 99.6 Å². The summed E-state index contributed by atoms with van der Waals surface area (Å²) in [6, 6.07) is 7.96. The monoisotopic (exact) mass is 271 g/mol. The van der Waals surface area contributed by atoms with Gasteiger partial charge in [0.2, 0.25) is 0 Å². The van der Waals surface area contributed by atoms with E-state index in [1.165, 1.54) is 0 Å². The van der Waals surface area contributed by atoms with Crippen molar-refractivity contribution in [1.29, 1.82) is 0 Å². The van der Waals surface area contributed by atoms with Crippen LogP contribution in [0.25, 0.3) is 0 Å². The second-order valence-corrected chi connectivity index (χ2v) is 5.05. The van der Waals surface area contributed by atoms with Crippen molar-refractivity contribution in [2.24, 2.45) is 11.7 Å². The largest absolute Gasteiger partial charge is 0.392 e. The molecule has 1 aromatic carbocycles. The van der Waals surface area contributed by atoms with Crippen LogP contribution in [0, 0.1) is 5.92 Å². The van der Waals surface area contributed by atoms with Crippen molar-refractivity contribution in [3.05, 3.63) is 34.3 Å². The SMILES string of the molecule is CC(C)C(O)C(CN)c1cccc(Br)c1. The molecule has 2 atom stereocenters. The smallest absolute Gasteiger partial charge is 0.0643 e. The van der Waals surface area contributed by atoms with E-state index in [0.29, 0.717) is 6.54 Å². The van der Waals surface area contributed by atoms with Crippen molar-refractivity contribution >= 4 is 15.9 Å². The summed E-state index contributed by atoms with van der Waals surface area (Å²) in [5, 5.41) is 10.0. The maximum Gasteiger partial charge on any atom is 0.0643 e. The third kappa shape index (κ3) is 3.30. The van der Waals surface area contributed by atoms with Crippen LogP contribution in [0.15, 0.2) is 28.7 Å². The number of benzene rings is 1. The molecule has 2 nitrogen and oxygen atoms in total. The Morgan fingerprint density at radius 3 is 2.53 bits per heavy atom. The van der Waals surface area contributed by atoms with Crippen LogP contribution < -0.4 is 5.73 Å². The summed E-state index contributed by atoms with van der Waals surface area (Å²) < 4.78 is 1.02. The number of nitrogens with two attached hydrogens (primary N) is 1. The molecule has 0 saturated heterocycles. The highest BCUT2D eigenvalue weighted by atomic mass is 79.9. The van der Waals surface area contributed by atoms with Crippen molar-refractivity contribution < 1.29 is 5.11 Å². The first-order valence-electron chi connectivity index (χ1n) is 5.20. The van der Waals surface area contributed by atoms with Crippen LogP contribution in [0.1, 0.15) is 25.3 Å². The fourth-order valence-electron chi connectivity index (χ4n) is 1.67. The molecule has 0 heterocycles. The van der Waals surface area contributed by atoms with Gasteiger partial charge in [0.1, 0.15) is 0 Å². The van der Waals surface area contributed by atoms with E-state index in [2.05, 4.69) is 15.9 Å². The highest BCUT2D eigenvalue weighted by molar-refractivity contribution is 9.10. The number of aliphatic hydroxyl groups excluding tert-OH is 1. The molecule has 2 unspecified atom stereocenters. The predicted molar refractivity (Wildman–Crippen MR) is 66.8 cm³/mol. The van der Waals surface area contributed by atoms with Gasteiger partial charge in [-0.15, -0.1) is 0 Å². The van der Waals surface area contributed by atoms with Crippen LogP contribution in [-0.4, -0.2) is 17.8 Å². The molecule has 1 rings (SSSR count). The quantitative estimate of drug-likeness (QED) is 0.884. The zero-order valence-corrected chi connectivity index (χ0v) is 10.7. The van der Waals surface area contributed by atoms with Crippen LogP contribution in [-0.2, 0) is 0 Å².